The van der Waals surface area contributed by atoms with Gasteiger partial charge in [-0.1, -0.05) is 48.7 Å². The second-order valence-electron chi connectivity index (χ2n) is 6.68. The summed E-state index contributed by atoms with van der Waals surface area (Å²) in [5.41, 5.74) is 1.61. The van der Waals surface area contributed by atoms with E-state index in [-0.39, 0.29) is 23.4 Å². The molecule has 0 atom stereocenters. The predicted molar refractivity (Wildman–Crippen MR) is 110 cm³/mol. The molecule has 0 spiro atoms. The molecule has 2 aromatic carbocycles. The van der Waals surface area contributed by atoms with Crippen LogP contribution in [0.4, 0.5) is 5.69 Å². The van der Waals surface area contributed by atoms with Gasteiger partial charge in [-0.15, -0.1) is 0 Å². The monoisotopic (exact) mass is 393 g/mol. The van der Waals surface area contributed by atoms with Gasteiger partial charge in [0.1, 0.15) is 11.6 Å². The molecule has 0 unspecified atom stereocenters. The van der Waals surface area contributed by atoms with Gasteiger partial charge in [-0.2, -0.15) is 5.26 Å². The van der Waals surface area contributed by atoms with Gasteiger partial charge in [-0.3, -0.25) is 9.59 Å². The molecule has 0 aliphatic heterocycles. The van der Waals surface area contributed by atoms with E-state index in [0.29, 0.717) is 21.8 Å². The fourth-order valence-corrected chi connectivity index (χ4v) is 3.42. The molecule has 0 heterocycles. The Morgan fingerprint density at radius 1 is 1.11 bits per heavy atom. The Kier molecular flexibility index (Phi) is 6.46. The van der Waals surface area contributed by atoms with Crippen LogP contribution >= 0.6 is 11.6 Å². The van der Waals surface area contributed by atoms with Crippen LogP contribution in [-0.4, -0.2) is 17.9 Å². The molecule has 1 fully saturated rings. The molecule has 0 saturated heterocycles. The maximum Gasteiger partial charge on any atom is 0.262 e. The summed E-state index contributed by atoms with van der Waals surface area (Å²) in [6, 6.07) is 15.8. The predicted octanol–water partition coefficient (Wildman–Crippen LogP) is 4.56. The fraction of sp³-hybridized carbons (Fsp3) is 0.227. The average molecular weight is 394 g/mol. The Bertz CT molecular complexity index is 956. The summed E-state index contributed by atoms with van der Waals surface area (Å²) in [5, 5.41) is 15.4. The van der Waals surface area contributed by atoms with Gasteiger partial charge in [0.25, 0.3) is 11.8 Å². The van der Waals surface area contributed by atoms with Gasteiger partial charge in [0.15, 0.2) is 0 Å². The van der Waals surface area contributed by atoms with Crippen LogP contribution < -0.4 is 10.6 Å². The van der Waals surface area contributed by atoms with Crippen LogP contribution in [0, 0.1) is 11.3 Å². The van der Waals surface area contributed by atoms with Gasteiger partial charge in [-0.05, 0) is 48.7 Å². The number of benzene rings is 2. The zero-order valence-corrected chi connectivity index (χ0v) is 16.0. The standard InChI is InChI=1S/C22H20ClN3O2/c23-20-11-4-3-10-19(20)22(28)26-18-9-5-6-15(13-18)12-16(14-24)21(27)25-17-7-1-2-8-17/h3-6,9-13,17H,1-2,7-8H2,(H,25,27)(H,26,28)/b16-12+. The van der Waals surface area contributed by atoms with E-state index in [1.165, 1.54) is 6.08 Å². The summed E-state index contributed by atoms with van der Waals surface area (Å²) in [7, 11) is 0. The molecule has 0 radical (unpaired) electrons. The Labute approximate surface area is 169 Å². The largest absolute Gasteiger partial charge is 0.349 e. The van der Waals surface area contributed by atoms with Crippen molar-refractivity contribution in [1.82, 2.24) is 5.32 Å². The highest BCUT2D eigenvalue weighted by Crippen LogP contribution is 2.20. The number of nitriles is 1. The van der Waals surface area contributed by atoms with Gasteiger partial charge < -0.3 is 10.6 Å². The quantitative estimate of drug-likeness (QED) is 0.577. The van der Waals surface area contributed by atoms with Crippen LogP contribution in [-0.2, 0) is 4.79 Å². The van der Waals surface area contributed by atoms with E-state index >= 15 is 0 Å². The minimum atomic E-state index is -0.361. The normalized spacial score (nSPS) is 14.4. The number of nitrogens with zero attached hydrogens (tertiary/aromatic N) is 1. The second-order valence-corrected chi connectivity index (χ2v) is 7.09. The minimum absolute atomic E-state index is 0.0430. The number of hydrogen-bond donors (Lipinski definition) is 2. The van der Waals surface area contributed by atoms with Gasteiger partial charge >= 0.3 is 0 Å². The molecule has 142 valence electrons. The van der Waals surface area contributed by atoms with Crippen molar-refractivity contribution in [3.8, 4) is 6.07 Å². The van der Waals surface area contributed by atoms with Crippen LogP contribution in [0.25, 0.3) is 6.08 Å². The maximum absolute atomic E-state index is 12.4. The molecular weight excluding hydrogens is 374 g/mol. The van der Waals surface area contributed by atoms with Crippen molar-refractivity contribution in [2.75, 3.05) is 5.32 Å². The Morgan fingerprint density at radius 2 is 1.86 bits per heavy atom. The number of carbonyl (C=O) groups excluding carboxylic acids is 2. The first-order valence-corrected chi connectivity index (χ1v) is 9.53. The van der Waals surface area contributed by atoms with Crippen molar-refractivity contribution < 1.29 is 9.59 Å². The molecular formula is C22H20ClN3O2. The Morgan fingerprint density at radius 3 is 2.57 bits per heavy atom. The van der Waals surface area contributed by atoms with Crippen LogP contribution in [0.3, 0.4) is 0 Å². The number of rotatable bonds is 5. The number of amides is 2. The number of carbonyl (C=O) groups is 2. The summed E-state index contributed by atoms with van der Waals surface area (Å²) in [6.45, 7) is 0. The first kappa shape index (κ1) is 19.7. The highest BCUT2D eigenvalue weighted by molar-refractivity contribution is 6.34. The van der Waals surface area contributed by atoms with Gasteiger partial charge in [0.2, 0.25) is 0 Å². The van der Waals surface area contributed by atoms with Crippen molar-refractivity contribution in [1.29, 1.82) is 5.26 Å². The molecule has 2 aromatic rings. The van der Waals surface area contributed by atoms with Crippen LogP contribution in [0.5, 0.6) is 0 Å². The second kappa shape index (κ2) is 9.20. The molecule has 5 nitrogen and oxygen atoms in total. The lowest BCUT2D eigenvalue weighted by atomic mass is 10.1. The van der Waals surface area contributed by atoms with Crippen LogP contribution in [0.1, 0.15) is 41.6 Å². The lowest BCUT2D eigenvalue weighted by molar-refractivity contribution is -0.117. The zero-order chi connectivity index (χ0) is 19.9. The zero-order valence-electron chi connectivity index (χ0n) is 15.2. The first-order valence-electron chi connectivity index (χ1n) is 9.15. The highest BCUT2D eigenvalue weighted by atomic mass is 35.5. The van der Waals surface area contributed by atoms with Gasteiger partial charge in [-0.25, -0.2) is 0 Å². The topological polar surface area (TPSA) is 82.0 Å². The summed E-state index contributed by atoms with van der Waals surface area (Å²) in [4.78, 5) is 24.7. The Balaban J connectivity index is 1.73. The van der Waals surface area contributed by atoms with Crippen molar-refractivity contribution >= 4 is 35.2 Å². The summed E-state index contributed by atoms with van der Waals surface area (Å²) < 4.78 is 0. The molecule has 28 heavy (non-hydrogen) atoms. The molecule has 1 aliphatic rings. The molecule has 1 saturated carbocycles. The van der Waals surface area contributed by atoms with Crippen LogP contribution in [0.2, 0.25) is 5.02 Å². The van der Waals surface area contributed by atoms with Crippen molar-refractivity contribution in [2.45, 2.75) is 31.7 Å². The van der Waals surface area contributed by atoms with E-state index in [4.69, 9.17) is 11.6 Å². The van der Waals surface area contributed by atoms with E-state index in [0.717, 1.165) is 25.7 Å². The van der Waals surface area contributed by atoms with Gasteiger partial charge in [0.05, 0.1) is 10.6 Å². The molecule has 2 N–H and O–H groups in total. The molecule has 0 aromatic heterocycles. The molecule has 2 amide bonds. The van der Waals surface area contributed by atoms with E-state index in [9.17, 15) is 14.9 Å². The Hall–Kier alpha value is -3.10. The SMILES string of the molecule is N#C/C(=C\c1cccc(NC(=O)c2ccccc2Cl)c1)C(=O)NC1CCCC1. The summed E-state index contributed by atoms with van der Waals surface area (Å²) in [6.07, 6.45) is 5.63. The first-order chi connectivity index (χ1) is 13.6. The highest BCUT2D eigenvalue weighted by Gasteiger charge is 2.19. The molecule has 1 aliphatic carbocycles. The van der Waals surface area contributed by atoms with E-state index in [2.05, 4.69) is 10.6 Å². The molecule has 6 heteroatoms. The van der Waals surface area contributed by atoms with E-state index < -0.39 is 0 Å². The third kappa shape index (κ3) is 4.99. The minimum Gasteiger partial charge on any atom is -0.349 e. The number of halogens is 1. The lowest BCUT2D eigenvalue weighted by Gasteiger charge is -2.11. The fourth-order valence-electron chi connectivity index (χ4n) is 3.20. The molecule has 0 bridgehead atoms. The third-order valence-corrected chi connectivity index (χ3v) is 4.96. The molecule has 3 rings (SSSR count). The number of hydrogen-bond acceptors (Lipinski definition) is 3. The van der Waals surface area contributed by atoms with E-state index in [1.54, 1.807) is 48.5 Å². The third-order valence-electron chi connectivity index (χ3n) is 4.63. The number of nitrogens with one attached hydrogen (secondary N) is 2. The summed E-state index contributed by atoms with van der Waals surface area (Å²) in [5.74, 6) is -0.689. The van der Waals surface area contributed by atoms with Crippen molar-refractivity contribution in [3.63, 3.8) is 0 Å². The van der Waals surface area contributed by atoms with Crippen molar-refractivity contribution in [3.05, 3.63) is 70.3 Å². The number of anilines is 1. The maximum atomic E-state index is 12.4. The lowest BCUT2D eigenvalue weighted by Crippen LogP contribution is -2.33. The average Bonchev–Trinajstić information content (AvgIpc) is 3.19. The van der Waals surface area contributed by atoms with Gasteiger partial charge in [0, 0.05) is 11.7 Å². The van der Waals surface area contributed by atoms with Crippen LogP contribution in [0.15, 0.2) is 54.1 Å². The van der Waals surface area contributed by atoms with E-state index in [1.807, 2.05) is 6.07 Å². The smallest absolute Gasteiger partial charge is 0.262 e. The van der Waals surface area contributed by atoms with Crippen molar-refractivity contribution in [2.24, 2.45) is 0 Å². The summed E-state index contributed by atoms with van der Waals surface area (Å²) >= 11 is 6.06.